The average Bonchev–Trinajstić information content (AvgIpc) is 2.67. The smallest absolute Gasteiger partial charge is 0.241 e. The summed E-state index contributed by atoms with van der Waals surface area (Å²) < 4.78 is 46.5. The third kappa shape index (κ3) is 6.83. The lowest BCUT2D eigenvalue weighted by Crippen LogP contribution is -2.49. The zero-order valence-corrected chi connectivity index (χ0v) is 17.6. The zero-order valence-electron chi connectivity index (χ0n) is 16.8. The quantitative estimate of drug-likeness (QED) is 0.577. The molecule has 2 rings (SSSR count). The molecule has 2 aromatic rings. The van der Waals surface area contributed by atoms with Gasteiger partial charge in [-0.15, -0.1) is 0 Å². The molecule has 0 unspecified atom stereocenters. The topological polar surface area (TPSA) is 84.5 Å². The Kier molecular flexibility index (Phi) is 8.16. The van der Waals surface area contributed by atoms with Crippen molar-refractivity contribution in [2.75, 3.05) is 13.2 Å². The summed E-state index contributed by atoms with van der Waals surface area (Å²) in [5.74, 6) is -0.946. The molecule has 2 aromatic carbocycles. The van der Waals surface area contributed by atoms with Gasteiger partial charge >= 0.3 is 0 Å². The third-order valence-electron chi connectivity index (χ3n) is 4.28. The molecule has 1 atom stereocenters. The van der Waals surface area contributed by atoms with E-state index in [4.69, 9.17) is 4.74 Å². The van der Waals surface area contributed by atoms with E-state index in [-0.39, 0.29) is 29.7 Å². The molecule has 0 aliphatic rings. The Morgan fingerprint density at radius 3 is 2.38 bits per heavy atom. The van der Waals surface area contributed by atoms with Crippen molar-refractivity contribution in [3.05, 3.63) is 59.9 Å². The van der Waals surface area contributed by atoms with Crippen LogP contribution in [0.5, 0.6) is 5.75 Å². The van der Waals surface area contributed by atoms with Crippen LogP contribution >= 0.6 is 0 Å². The molecule has 0 fully saturated rings. The normalized spacial score (nSPS) is 12.6. The number of rotatable bonds is 10. The number of sulfonamides is 1. The number of aryl methyl sites for hydroxylation is 1. The molecule has 29 heavy (non-hydrogen) atoms. The highest BCUT2D eigenvalue weighted by atomic mass is 32.2. The van der Waals surface area contributed by atoms with Crippen molar-refractivity contribution < 1.29 is 22.3 Å². The van der Waals surface area contributed by atoms with Crippen molar-refractivity contribution in [2.45, 2.75) is 38.1 Å². The van der Waals surface area contributed by atoms with Gasteiger partial charge in [0.25, 0.3) is 0 Å². The molecular weight excluding hydrogens is 395 g/mol. The predicted octanol–water partition coefficient (Wildman–Crippen LogP) is 3.02. The Morgan fingerprint density at radius 1 is 1.10 bits per heavy atom. The van der Waals surface area contributed by atoms with Crippen LogP contribution in [-0.2, 0) is 14.8 Å². The van der Waals surface area contributed by atoms with Gasteiger partial charge in [-0.25, -0.2) is 12.8 Å². The van der Waals surface area contributed by atoms with Crippen LogP contribution in [0.15, 0.2) is 53.4 Å². The van der Waals surface area contributed by atoms with Gasteiger partial charge in [-0.1, -0.05) is 43.7 Å². The molecule has 0 spiro atoms. The highest BCUT2D eigenvalue weighted by Gasteiger charge is 2.28. The van der Waals surface area contributed by atoms with E-state index < -0.39 is 27.8 Å². The van der Waals surface area contributed by atoms with E-state index in [1.165, 1.54) is 24.3 Å². The van der Waals surface area contributed by atoms with Crippen LogP contribution in [0.3, 0.4) is 0 Å². The average molecular weight is 423 g/mol. The van der Waals surface area contributed by atoms with Gasteiger partial charge in [0, 0.05) is 6.54 Å². The van der Waals surface area contributed by atoms with Crippen molar-refractivity contribution in [3.8, 4) is 5.75 Å². The number of nitrogens with one attached hydrogen (secondary N) is 2. The molecule has 0 heterocycles. The second kappa shape index (κ2) is 10.4. The minimum atomic E-state index is -3.82. The number of benzene rings is 2. The first-order valence-electron chi connectivity index (χ1n) is 9.45. The second-order valence-corrected chi connectivity index (χ2v) is 8.79. The monoisotopic (exact) mass is 422 g/mol. The lowest BCUT2D eigenvalue weighted by Gasteiger charge is -2.21. The molecule has 2 N–H and O–H groups in total. The summed E-state index contributed by atoms with van der Waals surface area (Å²) in [5, 5.41) is 2.71. The first kappa shape index (κ1) is 22.8. The second-order valence-electron chi connectivity index (χ2n) is 7.08. The summed E-state index contributed by atoms with van der Waals surface area (Å²) in [5.41, 5.74) is 0.944. The summed E-state index contributed by atoms with van der Waals surface area (Å²) >= 11 is 0. The molecule has 0 saturated carbocycles. The fraction of sp³-hybridized carbons (Fsp3) is 0.381. The van der Waals surface area contributed by atoms with E-state index in [1.54, 1.807) is 38.1 Å². The molecule has 0 saturated heterocycles. The van der Waals surface area contributed by atoms with Crippen LogP contribution in [0.2, 0.25) is 0 Å². The van der Waals surface area contributed by atoms with Gasteiger partial charge in [-0.05, 0) is 43.5 Å². The summed E-state index contributed by atoms with van der Waals surface area (Å²) in [7, 11) is -3.82. The summed E-state index contributed by atoms with van der Waals surface area (Å²) in [6.45, 7) is 5.90. The Bertz CT molecular complexity index is 915. The van der Waals surface area contributed by atoms with Gasteiger partial charge in [0.05, 0.1) is 11.5 Å². The first-order valence-corrected chi connectivity index (χ1v) is 10.9. The Labute approximate surface area is 171 Å². The number of carbonyl (C=O) groups excluding carboxylic acids is 1. The maximum Gasteiger partial charge on any atom is 0.241 e. The third-order valence-corrected chi connectivity index (χ3v) is 5.73. The van der Waals surface area contributed by atoms with Crippen LogP contribution in [-0.4, -0.2) is 33.5 Å². The molecule has 158 valence electrons. The maximum atomic E-state index is 13.5. The van der Waals surface area contributed by atoms with Gasteiger partial charge in [-0.2, -0.15) is 4.72 Å². The van der Waals surface area contributed by atoms with E-state index >= 15 is 0 Å². The van der Waals surface area contributed by atoms with E-state index in [1.807, 2.05) is 6.92 Å². The lowest BCUT2D eigenvalue weighted by atomic mass is 10.1. The summed E-state index contributed by atoms with van der Waals surface area (Å²) in [4.78, 5) is 12.6. The maximum absolute atomic E-state index is 13.5. The molecule has 0 aromatic heterocycles. The Morgan fingerprint density at radius 2 is 1.76 bits per heavy atom. The minimum absolute atomic E-state index is 0.111. The Balaban J connectivity index is 1.87. The minimum Gasteiger partial charge on any atom is -0.490 e. The first-order chi connectivity index (χ1) is 13.7. The summed E-state index contributed by atoms with van der Waals surface area (Å²) in [6.07, 6.45) is 0.454. The van der Waals surface area contributed by atoms with Crippen molar-refractivity contribution in [1.29, 1.82) is 0 Å². The van der Waals surface area contributed by atoms with Crippen molar-refractivity contribution in [3.63, 3.8) is 0 Å². The number of ether oxygens (including phenoxy) is 1. The van der Waals surface area contributed by atoms with Crippen molar-refractivity contribution >= 4 is 15.9 Å². The summed E-state index contributed by atoms with van der Waals surface area (Å²) in [6, 6.07) is 11.6. The van der Waals surface area contributed by atoms with Crippen LogP contribution in [0.4, 0.5) is 4.39 Å². The van der Waals surface area contributed by atoms with Gasteiger partial charge < -0.3 is 10.1 Å². The van der Waals surface area contributed by atoms with Gasteiger partial charge in [0.1, 0.15) is 6.04 Å². The zero-order chi connectivity index (χ0) is 21.4. The number of halogens is 1. The van der Waals surface area contributed by atoms with E-state index in [2.05, 4.69) is 10.0 Å². The standard InChI is InChI=1S/C21H27FN2O4S/c1-15(2)20(24-29(26,27)17-11-9-16(3)10-12-17)21(25)23-13-6-14-28-19-8-5-4-7-18(19)22/h4-5,7-12,15,20,24H,6,13-14H2,1-3H3,(H,23,25)/t20-/m1/s1. The van der Waals surface area contributed by atoms with E-state index in [0.29, 0.717) is 6.42 Å². The number of carbonyl (C=O) groups is 1. The van der Waals surface area contributed by atoms with Crippen molar-refractivity contribution in [2.24, 2.45) is 5.92 Å². The number of hydrogen-bond acceptors (Lipinski definition) is 4. The van der Waals surface area contributed by atoms with Crippen LogP contribution in [0, 0.1) is 18.7 Å². The van der Waals surface area contributed by atoms with Crippen molar-refractivity contribution in [1.82, 2.24) is 10.0 Å². The number of para-hydroxylation sites is 1. The highest BCUT2D eigenvalue weighted by molar-refractivity contribution is 7.89. The molecule has 0 aliphatic heterocycles. The van der Waals surface area contributed by atoms with Crippen LogP contribution in [0.1, 0.15) is 25.8 Å². The fourth-order valence-corrected chi connectivity index (χ4v) is 3.93. The molecule has 6 nitrogen and oxygen atoms in total. The number of amides is 1. The lowest BCUT2D eigenvalue weighted by molar-refractivity contribution is -0.123. The molecule has 1 amide bonds. The van der Waals surface area contributed by atoms with Crippen LogP contribution in [0.25, 0.3) is 0 Å². The van der Waals surface area contributed by atoms with E-state index in [9.17, 15) is 17.6 Å². The highest BCUT2D eigenvalue weighted by Crippen LogP contribution is 2.15. The number of hydrogen-bond donors (Lipinski definition) is 2. The predicted molar refractivity (Wildman–Crippen MR) is 110 cm³/mol. The molecular formula is C21H27FN2O4S. The fourth-order valence-electron chi connectivity index (χ4n) is 2.58. The van der Waals surface area contributed by atoms with E-state index in [0.717, 1.165) is 5.56 Å². The molecule has 0 aliphatic carbocycles. The molecule has 8 heteroatoms. The van der Waals surface area contributed by atoms with Gasteiger partial charge in [0.15, 0.2) is 11.6 Å². The van der Waals surface area contributed by atoms with Gasteiger partial charge in [0.2, 0.25) is 15.9 Å². The Hall–Kier alpha value is -2.45. The molecule has 0 radical (unpaired) electrons. The van der Waals surface area contributed by atoms with Crippen LogP contribution < -0.4 is 14.8 Å². The van der Waals surface area contributed by atoms with Gasteiger partial charge in [-0.3, -0.25) is 4.79 Å². The SMILES string of the molecule is Cc1ccc(S(=O)(=O)N[C@@H](C(=O)NCCCOc2ccccc2F)C(C)C)cc1. The molecule has 0 bridgehead atoms. The largest absolute Gasteiger partial charge is 0.490 e.